The molecule has 5 heteroatoms. The van der Waals surface area contributed by atoms with Crippen LogP contribution >= 0.6 is 22.4 Å². The van der Waals surface area contributed by atoms with E-state index < -0.39 is 10.6 Å². The molecule has 3 rings (SSSR count). The van der Waals surface area contributed by atoms with Gasteiger partial charge >= 0.3 is 0 Å². The normalized spacial score (nSPS) is 21.9. The van der Waals surface area contributed by atoms with Crippen LogP contribution in [0.5, 0.6) is 5.75 Å². The zero-order valence-electron chi connectivity index (χ0n) is 10.1. The predicted molar refractivity (Wildman–Crippen MR) is 79.1 cm³/mol. The first-order valence-electron chi connectivity index (χ1n) is 5.87. The van der Waals surface area contributed by atoms with Gasteiger partial charge in [-0.25, -0.2) is 0 Å². The molecule has 0 spiro atoms. The minimum atomic E-state index is -2.78. The molecular weight excluding hydrogens is 280 g/mol. The van der Waals surface area contributed by atoms with Gasteiger partial charge in [-0.2, -0.15) is 10.6 Å². The molecule has 2 aromatic carbocycles. The van der Waals surface area contributed by atoms with Gasteiger partial charge in [-0.15, -0.1) is 11.8 Å². The van der Waals surface area contributed by atoms with Crippen LogP contribution in [0.1, 0.15) is 10.8 Å². The van der Waals surface area contributed by atoms with Gasteiger partial charge in [-0.3, -0.25) is 9.11 Å². The Morgan fingerprint density at radius 1 is 1.00 bits per heavy atom. The van der Waals surface area contributed by atoms with Crippen LogP contribution in [0.3, 0.4) is 0 Å². The highest BCUT2D eigenvalue weighted by Gasteiger charge is 2.37. The minimum absolute atomic E-state index is 0.122. The Balaban J connectivity index is 1.98. The summed E-state index contributed by atoms with van der Waals surface area (Å²) in [7, 11) is -2.78. The van der Waals surface area contributed by atoms with Crippen LogP contribution in [0.4, 0.5) is 0 Å². The van der Waals surface area contributed by atoms with E-state index in [4.69, 9.17) is 0 Å². The summed E-state index contributed by atoms with van der Waals surface area (Å²) in [6.45, 7) is 0. The molecule has 0 aliphatic carbocycles. The summed E-state index contributed by atoms with van der Waals surface area (Å²) in [6.07, 6.45) is 0. The van der Waals surface area contributed by atoms with Crippen molar-refractivity contribution in [1.82, 2.24) is 0 Å². The molecule has 100 valence electrons. The molecule has 0 amide bonds. The Morgan fingerprint density at radius 3 is 2.47 bits per heavy atom. The molecule has 0 saturated heterocycles. The summed E-state index contributed by atoms with van der Waals surface area (Å²) in [6, 6.07) is 14.7. The van der Waals surface area contributed by atoms with E-state index in [1.807, 2.05) is 30.3 Å². The maximum Gasteiger partial charge on any atom is 0.121 e. The number of benzene rings is 2. The van der Waals surface area contributed by atoms with Crippen LogP contribution in [-0.4, -0.2) is 20.0 Å². The van der Waals surface area contributed by atoms with Crippen molar-refractivity contribution in [3.05, 3.63) is 54.1 Å². The molecule has 1 aliphatic heterocycles. The lowest BCUT2D eigenvalue weighted by Crippen LogP contribution is -1.98. The molecule has 3 nitrogen and oxygen atoms in total. The van der Waals surface area contributed by atoms with E-state index in [2.05, 4.69) is 0 Å². The smallest absolute Gasteiger partial charge is 0.121 e. The van der Waals surface area contributed by atoms with Crippen molar-refractivity contribution < 1.29 is 14.2 Å². The van der Waals surface area contributed by atoms with Gasteiger partial charge in [0.1, 0.15) is 5.75 Å². The Kier molecular flexibility index (Phi) is 3.22. The maximum absolute atomic E-state index is 10.1. The van der Waals surface area contributed by atoms with E-state index in [0.717, 1.165) is 4.90 Å². The summed E-state index contributed by atoms with van der Waals surface area (Å²) < 4.78 is 20.3. The summed E-state index contributed by atoms with van der Waals surface area (Å²) in [5.74, 6) is 0.405. The Hall–Kier alpha value is -1.14. The number of hydrogen-bond acceptors (Lipinski definition) is 4. The number of aromatic hydroxyl groups is 1. The van der Waals surface area contributed by atoms with Crippen LogP contribution in [0.15, 0.2) is 58.3 Å². The van der Waals surface area contributed by atoms with Crippen LogP contribution in [0.25, 0.3) is 0 Å². The number of thioether (sulfide) groups is 1. The van der Waals surface area contributed by atoms with Gasteiger partial charge in [0.15, 0.2) is 0 Å². The third kappa shape index (κ3) is 2.34. The molecule has 0 radical (unpaired) electrons. The lowest BCUT2D eigenvalue weighted by molar-refractivity contribution is 0.466. The molecule has 3 N–H and O–H groups in total. The molecule has 1 heterocycles. The monoisotopic (exact) mass is 294 g/mol. The average molecular weight is 294 g/mol. The zero-order valence-corrected chi connectivity index (χ0v) is 11.7. The van der Waals surface area contributed by atoms with Crippen LogP contribution in [0.2, 0.25) is 0 Å². The number of phenolic OH excluding ortho intramolecular Hbond substituents is 1. The lowest BCUT2D eigenvalue weighted by Gasteiger charge is -2.27. The van der Waals surface area contributed by atoms with Crippen molar-refractivity contribution in [2.75, 3.05) is 5.75 Å². The quantitative estimate of drug-likeness (QED) is 0.770. The van der Waals surface area contributed by atoms with Crippen molar-refractivity contribution in [3.8, 4) is 5.75 Å². The second kappa shape index (κ2) is 4.76. The highest BCUT2D eigenvalue weighted by Crippen LogP contribution is 2.64. The Labute approximate surface area is 117 Å². The molecule has 0 aromatic heterocycles. The lowest BCUT2D eigenvalue weighted by atomic mass is 10.1. The molecule has 1 atom stereocenters. The second-order valence-electron chi connectivity index (χ2n) is 4.44. The highest BCUT2D eigenvalue weighted by molar-refractivity contribution is 8.25. The molecule has 1 unspecified atom stereocenters. The number of fused-ring (bicyclic) bond motifs is 1. The van der Waals surface area contributed by atoms with E-state index in [-0.39, 0.29) is 16.8 Å². The van der Waals surface area contributed by atoms with E-state index in [1.165, 1.54) is 0 Å². The molecule has 0 bridgehead atoms. The number of hydrogen-bond donors (Lipinski definition) is 3. The molecule has 2 aromatic rings. The third-order valence-corrected chi connectivity index (χ3v) is 6.42. The van der Waals surface area contributed by atoms with Gasteiger partial charge in [0.25, 0.3) is 0 Å². The number of rotatable bonds is 2. The predicted octanol–water partition coefficient (Wildman–Crippen LogP) is 4.35. The van der Waals surface area contributed by atoms with Gasteiger partial charge in [-0.05, 0) is 24.3 Å². The van der Waals surface area contributed by atoms with Gasteiger partial charge in [0.05, 0.1) is 15.9 Å². The molecule has 0 fully saturated rings. The average Bonchev–Trinajstić information content (AvgIpc) is 2.63. The van der Waals surface area contributed by atoms with Gasteiger partial charge in [-0.1, -0.05) is 24.3 Å². The fourth-order valence-electron chi connectivity index (χ4n) is 2.28. The fourth-order valence-corrected chi connectivity index (χ4v) is 5.87. The van der Waals surface area contributed by atoms with Crippen molar-refractivity contribution in [2.45, 2.75) is 15.0 Å². The number of phenols is 1. The van der Waals surface area contributed by atoms with Crippen molar-refractivity contribution in [1.29, 1.82) is 0 Å². The summed E-state index contributed by atoms with van der Waals surface area (Å²) in [5.41, 5.74) is 0.663. The Bertz CT molecular complexity index is 599. The fraction of sp³-hybridized carbons (Fsp3) is 0.143. The van der Waals surface area contributed by atoms with Gasteiger partial charge < -0.3 is 5.11 Å². The summed E-state index contributed by atoms with van der Waals surface area (Å²) >= 11 is 1.55. The zero-order chi connectivity index (χ0) is 13.5. The molecule has 19 heavy (non-hydrogen) atoms. The van der Waals surface area contributed by atoms with Crippen molar-refractivity contribution in [2.24, 2.45) is 0 Å². The van der Waals surface area contributed by atoms with Crippen molar-refractivity contribution in [3.63, 3.8) is 0 Å². The first-order valence-corrected chi connectivity index (χ1v) is 8.47. The van der Waals surface area contributed by atoms with Crippen LogP contribution < -0.4 is 0 Å². The van der Waals surface area contributed by atoms with E-state index >= 15 is 0 Å². The Morgan fingerprint density at radius 2 is 1.74 bits per heavy atom. The minimum Gasteiger partial charge on any atom is -0.508 e. The third-order valence-electron chi connectivity index (χ3n) is 3.12. The largest absolute Gasteiger partial charge is 0.508 e. The van der Waals surface area contributed by atoms with Crippen LogP contribution in [-0.2, 0) is 0 Å². The standard InChI is InChI=1S/C14H14O3S2/c15-11-7-4-8-13-14(11)12(9-19(13,16)17)18-10-5-2-1-3-6-10/h1-8,12,15-17H,9H2. The van der Waals surface area contributed by atoms with Gasteiger partial charge in [0, 0.05) is 10.5 Å². The topological polar surface area (TPSA) is 60.7 Å². The summed E-state index contributed by atoms with van der Waals surface area (Å²) in [5, 5.41) is 9.87. The first kappa shape index (κ1) is 12.9. The van der Waals surface area contributed by atoms with Crippen molar-refractivity contribution >= 4 is 22.4 Å². The highest BCUT2D eigenvalue weighted by atomic mass is 32.3. The van der Waals surface area contributed by atoms with E-state index in [1.54, 1.807) is 30.0 Å². The molecule has 0 saturated carbocycles. The maximum atomic E-state index is 10.1. The first-order chi connectivity index (χ1) is 9.08. The van der Waals surface area contributed by atoms with Crippen LogP contribution in [0, 0.1) is 0 Å². The SMILES string of the molecule is Oc1cccc2c1C(Sc1ccccc1)CS2(O)O. The second-order valence-corrected chi connectivity index (χ2v) is 7.82. The van der Waals surface area contributed by atoms with E-state index in [0.29, 0.717) is 10.5 Å². The molecule has 1 aliphatic rings. The van der Waals surface area contributed by atoms with Gasteiger partial charge in [0.2, 0.25) is 0 Å². The van der Waals surface area contributed by atoms with E-state index in [9.17, 15) is 14.2 Å². The molecular formula is C14H14O3S2. The summed E-state index contributed by atoms with van der Waals surface area (Å²) in [4.78, 5) is 1.54.